The second kappa shape index (κ2) is 7.87. The van der Waals surface area contributed by atoms with Gasteiger partial charge in [0.05, 0.1) is 14.4 Å². The van der Waals surface area contributed by atoms with E-state index in [1.54, 1.807) is 23.5 Å². The number of rotatable bonds is 6. The quantitative estimate of drug-likeness (QED) is 0.394. The van der Waals surface area contributed by atoms with E-state index in [-0.39, 0.29) is 29.0 Å². The number of hydrogen-bond acceptors (Lipinski definition) is 4. The summed E-state index contributed by atoms with van der Waals surface area (Å²) in [6.45, 7) is 8.01. The summed E-state index contributed by atoms with van der Waals surface area (Å²) < 4.78 is 0. The van der Waals surface area contributed by atoms with Crippen molar-refractivity contribution in [2.24, 2.45) is 0 Å². The van der Waals surface area contributed by atoms with Crippen molar-refractivity contribution >= 4 is 36.9 Å². The number of aryl methyl sites for hydroxylation is 1. The second-order valence-electron chi connectivity index (χ2n) is 10.4. The zero-order valence-electron chi connectivity index (χ0n) is 19.2. The van der Waals surface area contributed by atoms with Crippen molar-refractivity contribution in [1.82, 2.24) is 10.2 Å². The summed E-state index contributed by atoms with van der Waals surface area (Å²) in [5.74, 6) is -0.575. The van der Waals surface area contributed by atoms with Crippen molar-refractivity contribution in [3.8, 4) is 0 Å². The van der Waals surface area contributed by atoms with Crippen LogP contribution in [0.2, 0.25) is 5.31 Å². The van der Waals surface area contributed by atoms with E-state index in [2.05, 4.69) is 19.2 Å². The Labute approximate surface area is 195 Å². The maximum atomic E-state index is 13.3. The first-order valence-electron chi connectivity index (χ1n) is 11.1. The molecule has 1 N–H and O–H groups in total. The number of benzene rings is 1. The lowest BCUT2D eigenvalue weighted by Crippen LogP contribution is -2.46. The van der Waals surface area contributed by atoms with Crippen LogP contribution in [0.25, 0.3) is 0 Å². The summed E-state index contributed by atoms with van der Waals surface area (Å²) in [6, 6.07) is 8.84. The predicted molar refractivity (Wildman–Crippen MR) is 127 cm³/mol. The molecule has 2 radical (unpaired) electrons. The van der Waals surface area contributed by atoms with Crippen LogP contribution in [0, 0.1) is 0 Å². The van der Waals surface area contributed by atoms with Gasteiger partial charge in [-0.3, -0.25) is 14.5 Å². The number of nitrogens with zero attached hydrogens (tertiary/aromatic N) is 1. The Morgan fingerprint density at radius 2 is 1.84 bits per heavy atom. The Morgan fingerprint density at radius 3 is 2.50 bits per heavy atom. The highest BCUT2D eigenvalue weighted by atomic mass is 32.1. The minimum absolute atomic E-state index is 0.143. The monoisotopic (exact) mass is 448 g/mol. The van der Waals surface area contributed by atoms with E-state index in [1.165, 1.54) is 0 Å². The Morgan fingerprint density at radius 1 is 1.16 bits per heavy atom. The van der Waals surface area contributed by atoms with Crippen LogP contribution in [-0.2, 0) is 22.2 Å². The number of carbonyl (C=O) groups excluding carboxylic acids is 3. The lowest BCUT2D eigenvalue weighted by Gasteiger charge is -2.33. The number of Topliss-reactive ketones (excluding diaryl/α,β-unsaturated/α-hetero) is 1. The van der Waals surface area contributed by atoms with E-state index in [0.29, 0.717) is 12.0 Å². The molecule has 32 heavy (non-hydrogen) atoms. The van der Waals surface area contributed by atoms with E-state index < -0.39 is 11.6 Å². The molecular formula is C25H29BN2O3S. The van der Waals surface area contributed by atoms with E-state index in [9.17, 15) is 14.4 Å². The summed E-state index contributed by atoms with van der Waals surface area (Å²) in [6.07, 6.45) is 3.11. The van der Waals surface area contributed by atoms with Crippen molar-refractivity contribution in [3.05, 3.63) is 57.3 Å². The summed E-state index contributed by atoms with van der Waals surface area (Å²) in [4.78, 5) is 41.2. The zero-order chi connectivity index (χ0) is 23.3. The molecule has 1 aromatic carbocycles. The van der Waals surface area contributed by atoms with Crippen molar-refractivity contribution < 1.29 is 14.4 Å². The number of ketones is 1. The molecular weight excluding hydrogens is 419 g/mol. The van der Waals surface area contributed by atoms with Gasteiger partial charge in [0.2, 0.25) is 0 Å². The molecule has 1 aliphatic carbocycles. The van der Waals surface area contributed by atoms with Crippen molar-refractivity contribution in [2.75, 3.05) is 6.54 Å². The first-order chi connectivity index (χ1) is 14.9. The van der Waals surface area contributed by atoms with E-state index in [1.807, 2.05) is 37.4 Å². The van der Waals surface area contributed by atoms with Gasteiger partial charge < -0.3 is 5.32 Å². The van der Waals surface area contributed by atoms with Crippen LogP contribution in [0.1, 0.15) is 73.3 Å². The minimum atomic E-state index is -1.02. The van der Waals surface area contributed by atoms with Crippen LogP contribution in [0.4, 0.5) is 4.79 Å². The van der Waals surface area contributed by atoms with Crippen LogP contribution >= 0.6 is 11.3 Å². The maximum absolute atomic E-state index is 13.3. The summed E-state index contributed by atoms with van der Waals surface area (Å²) in [5, 5.41) is 4.55. The molecule has 1 unspecified atom stereocenters. The van der Waals surface area contributed by atoms with E-state index in [4.69, 9.17) is 7.85 Å². The van der Waals surface area contributed by atoms with Gasteiger partial charge >= 0.3 is 6.03 Å². The smallest absolute Gasteiger partial charge is 0.319 e. The fourth-order valence-electron chi connectivity index (χ4n) is 5.27. The molecule has 1 spiro atoms. The SMILES string of the molecule is [B]C(C)(C)CC(C)(C)c1ccc(C(=O)CN2C(=O)NC3(CCCc4sccc43)C2=O)cc1. The summed E-state index contributed by atoms with van der Waals surface area (Å²) in [5.41, 5.74) is 1.30. The molecule has 2 aromatic rings. The highest BCUT2D eigenvalue weighted by Crippen LogP contribution is 2.42. The third-order valence-corrected chi connectivity index (χ3v) is 7.50. The highest BCUT2D eigenvalue weighted by Gasteiger charge is 2.54. The third kappa shape index (κ3) is 4.03. The number of urea groups is 1. The molecule has 4 rings (SSSR count). The molecule has 1 aliphatic heterocycles. The second-order valence-corrected chi connectivity index (χ2v) is 11.4. The third-order valence-electron chi connectivity index (χ3n) is 6.52. The van der Waals surface area contributed by atoms with Crippen LogP contribution < -0.4 is 5.32 Å². The largest absolute Gasteiger partial charge is 0.325 e. The number of imide groups is 1. The highest BCUT2D eigenvalue weighted by molar-refractivity contribution is 7.10. The molecule has 1 saturated heterocycles. The predicted octanol–water partition coefficient (Wildman–Crippen LogP) is 4.75. The number of nitrogens with one attached hydrogen (secondary N) is 1. The molecule has 0 saturated carbocycles. The van der Waals surface area contributed by atoms with Gasteiger partial charge in [0.25, 0.3) is 5.91 Å². The fourth-order valence-corrected chi connectivity index (χ4v) is 6.27. The number of hydrogen-bond donors (Lipinski definition) is 1. The molecule has 1 fully saturated rings. The average molecular weight is 448 g/mol. The fraction of sp³-hybridized carbons (Fsp3) is 0.480. The molecule has 3 amide bonds. The topological polar surface area (TPSA) is 66.5 Å². The van der Waals surface area contributed by atoms with Crippen LogP contribution in [0.5, 0.6) is 0 Å². The van der Waals surface area contributed by atoms with Gasteiger partial charge in [0, 0.05) is 16.0 Å². The molecule has 2 aliphatic rings. The average Bonchev–Trinajstić information content (AvgIpc) is 3.27. The van der Waals surface area contributed by atoms with Gasteiger partial charge in [-0.2, -0.15) is 0 Å². The Hall–Kier alpha value is -2.41. The standard InChI is InChI=1S/C25H29BN2O3S/c1-23(2,15-24(3,4)26)17-9-7-16(8-10-17)19(29)14-28-21(30)25(27-22(28)31)12-5-6-20-18(25)11-13-32-20/h7-11,13H,5-6,12,14-15H2,1-4H3,(H,27,31). The molecule has 0 bridgehead atoms. The van der Waals surface area contributed by atoms with Crippen molar-refractivity contribution in [2.45, 2.75) is 69.6 Å². The number of carbonyl (C=O) groups is 3. The lowest BCUT2D eigenvalue weighted by molar-refractivity contribution is -0.131. The van der Waals surface area contributed by atoms with Crippen molar-refractivity contribution in [1.29, 1.82) is 0 Å². The van der Waals surface area contributed by atoms with Gasteiger partial charge in [-0.15, -0.1) is 11.3 Å². The van der Waals surface area contributed by atoms with Crippen molar-refractivity contribution in [3.63, 3.8) is 0 Å². The molecule has 7 heteroatoms. The van der Waals surface area contributed by atoms with Gasteiger partial charge in [-0.25, -0.2) is 4.79 Å². The van der Waals surface area contributed by atoms with Crippen LogP contribution in [0.3, 0.4) is 0 Å². The number of amides is 3. The van der Waals surface area contributed by atoms with Gasteiger partial charge in [-0.1, -0.05) is 57.3 Å². The Balaban J connectivity index is 1.50. The number of thiophene rings is 1. The van der Waals surface area contributed by atoms with Gasteiger partial charge in [0.15, 0.2) is 5.78 Å². The van der Waals surface area contributed by atoms with Crippen LogP contribution in [-0.4, -0.2) is 37.0 Å². The maximum Gasteiger partial charge on any atom is 0.325 e. The molecule has 166 valence electrons. The molecule has 5 nitrogen and oxygen atoms in total. The van der Waals surface area contributed by atoms with Gasteiger partial charge in [0.1, 0.15) is 5.54 Å². The molecule has 2 heterocycles. The number of fused-ring (bicyclic) bond motifs is 2. The lowest BCUT2D eigenvalue weighted by atomic mass is 9.62. The van der Waals surface area contributed by atoms with Gasteiger partial charge in [-0.05, 0) is 48.1 Å². The van der Waals surface area contributed by atoms with E-state index in [0.717, 1.165) is 40.2 Å². The molecule has 1 aromatic heterocycles. The summed E-state index contributed by atoms with van der Waals surface area (Å²) in [7, 11) is 6.21. The summed E-state index contributed by atoms with van der Waals surface area (Å²) >= 11 is 1.61. The van der Waals surface area contributed by atoms with E-state index >= 15 is 0 Å². The minimum Gasteiger partial charge on any atom is -0.319 e. The normalized spacial score (nSPS) is 21.1. The Kier molecular flexibility index (Phi) is 5.60. The molecule has 1 atom stereocenters. The first kappa shape index (κ1) is 22.8. The first-order valence-corrected chi connectivity index (χ1v) is 11.9. The van der Waals surface area contributed by atoms with Crippen LogP contribution in [0.15, 0.2) is 35.7 Å². The Bertz CT molecular complexity index is 1070. The zero-order valence-corrected chi connectivity index (χ0v) is 20.0.